The Morgan fingerprint density at radius 1 is 1.27 bits per heavy atom. The lowest BCUT2D eigenvalue weighted by atomic mass is 9.77. The van der Waals surface area contributed by atoms with Crippen LogP contribution in [0.15, 0.2) is 24.4 Å². The van der Waals surface area contributed by atoms with Gasteiger partial charge in [-0.15, -0.1) is 0 Å². The monoisotopic (exact) mass is 535 g/mol. The molecule has 1 aromatic heterocycles. The Hall–Kier alpha value is -2.90. The summed E-state index contributed by atoms with van der Waals surface area (Å²) in [7, 11) is 4.36. The van der Waals surface area contributed by atoms with Gasteiger partial charge in [0.25, 0.3) is 5.91 Å². The largest absolute Gasteiger partial charge is 0.493 e. The molecule has 1 saturated heterocycles. The van der Waals surface area contributed by atoms with E-state index in [1.807, 2.05) is 0 Å². The molecule has 1 aliphatic rings. The number of halogens is 6. The number of alkyl halides is 3. The van der Waals surface area contributed by atoms with Gasteiger partial charge in [0.1, 0.15) is 12.2 Å². The molecule has 2 N–H and O–H groups in total. The van der Waals surface area contributed by atoms with Crippen molar-refractivity contribution in [2.45, 2.75) is 43.8 Å². The Balaban J connectivity index is 2.05. The van der Waals surface area contributed by atoms with Crippen molar-refractivity contribution in [3.63, 3.8) is 0 Å². The molecule has 0 radical (unpaired) electrons. The summed E-state index contributed by atoms with van der Waals surface area (Å²) in [6, 6.07) is 2.78. The predicted octanol–water partition coefficient (Wildman–Crippen LogP) is 4.18. The van der Waals surface area contributed by atoms with Gasteiger partial charge in [-0.1, -0.05) is 13.0 Å². The summed E-state index contributed by atoms with van der Waals surface area (Å²) >= 11 is 0. The molecule has 13 heteroatoms. The zero-order chi connectivity index (χ0) is 27.9. The lowest BCUT2D eigenvalue weighted by molar-refractivity contribution is -0.272. The van der Waals surface area contributed by atoms with Gasteiger partial charge in [0.15, 0.2) is 23.0 Å². The molecule has 0 aliphatic carbocycles. The minimum Gasteiger partial charge on any atom is -0.493 e. The second-order valence-electron chi connectivity index (χ2n) is 9.30. The number of hydrogen-bond acceptors (Lipinski definition) is 6. The van der Waals surface area contributed by atoms with E-state index < -0.39 is 70.6 Å². The lowest BCUT2D eigenvalue weighted by Crippen LogP contribution is -2.47. The summed E-state index contributed by atoms with van der Waals surface area (Å²) in [5.41, 5.74) is -3.54. The van der Waals surface area contributed by atoms with Gasteiger partial charge in [-0.05, 0) is 33.2 Å². The Labute approximate surface area is 209 Å². The molecule has 0 unspecified atom stereocenters. The van der Waals surface area contributed by atoms with E-state index >= 15 is 0 Å². The first-order valence-electron chi connectivity index (χ1n) is 11.2. The van der Waals surface area contributed by atoms with Crippen molar-refractivity contribution in [1.82, 2.24) is 9.88 Å². The average molecular weight is 535 g/mol. The van der Waals surface area contributed by atoms with Crippen LogP contribution in [-0.4, -0.2) is 66.5 Å². The second kappa shape index (κ2) is 10.5. The molecule has 7 nitrogen and oxygen atoms in total. The van der Waals surface area contributed by atoms with Gasteiger partial charge in [-0.2, -0.15) is 17.6 Å². The SMILES string of the molecule is COc1c([C@H]2[C@H](C(=O)Nc3cc([C@@H](O)CN(C)C)ncc3F)O[C@@](C)(C(F)(F)F)[C@H]2C)ccc(F)c1F. The third-order valence-corrected chi connectivity index (χ3v) is 6.58. The summed E-state index contributed by atoms with van der Waals surface area (Å²) in [6.07, 6.45) is -7.25. The van der Waals surface area contributed by atoms with Crippen molar-refractivity contribution < 1.29 is 45.7 Å². The molecule has 2 aromatic rings. The molecule has 1 aromatic carbocycles. The highest BCUT2D eigenvalue weighted by Gasteiger charge is 2.66. The fourth-order valence-electron chi connectivity index (χ4n) is 4.42. The molecule has 1 aliphatic heterocycles. The molecule has 1 fully saturated rings. The van der Waals surface area contributed by atoms with Gasteiger partial charge in [0, 0.05) is 23.9 Å². The van der Waals surface area contributed by atoms with E-state index in [9.17, 15) is 36.2 Å². The number of anilines is 1. The Kier molecular flexibility index (Phi) is 8.11. The quantitative estimate of drug-likeness (QED) is 0.518. The summed E-state index contributed by atoms with van der Waals surface area (Å²) in [4.78, 5) is 18.7. The number of amides is 1. The molecule has 2 heterocycles. The molecule has 0 spiro atoms. The maximum Gasteiger partial charge on any atom is 0.417 e. The number of nitrogens with one attached hydrogen (secondary N) is 1. The Morgan fingerprint density at radius 3 is 2.49 bits per heavy atom. The molecule has 0 bridgehead atoms. The smallest absolute Gasteiger partial charge is 0.417 e. The van der Waals surface area contributed by atoms with Crippen LogP contribution in [-0.2, 0) is 9.53 Å². The van der Waals surface area contributed by atoms with Crippen LogP contribution in [0.3, 0.4) is 0 Å². The van der Waals surface area contributed by atoms with Crippen LogP contribution in [0.2, 0.25) is 0 Å². The van der Waals surface area contributed by atoms with Crippen LogP contribution in [0.4, 0.5) is 32.0 Å². The van der Waals surface area contributed by atoms with E-state index in [1.165, 1.54) is 0 Å². The number of nitrogens with zero attached hydrogens (tertiary/aromatic N) is 2. The highest BCUT2D eigenvalue weighted by Crippen LogP contribution is 2.55. The van der Waals surface area contributed by atoms with Crippen LogP contribution in [0.5, 0.6) is 5.75 Å². The van der Waals surface area contributed by atoms with E-state index in [4.69, 9.17) is 9.47 Å². The van der Waals surface area contributed by atoms with E-state index in [1.54, 1.807) is 19.0 Å². The molecule has 0 saturated carbocycles. The predicted molar refractivity (Wildman–Crippen MR) is 120 cm³/mol. The summed E-state index contributed by atoms with van der Waals surface area (Å²) in [6.45, 7) is 2.03. The number of carbonyl (C=O) groups excluding carboxylic acids is 1. The fraction of sp³-hybridized carbons (Fsp3) is 0.500. The third kappa shape index (κ3) is 5.39. The molecule has 1 amide bonds. The average Bonchev–Trinajstić information content (AvgIpc) is 3.08. The first kappa shape index (κ1) is 28.7. The highest BCUT2D eigenvalue weighted by atomic mass is 19.4. The first-order chi connectivity index (χ1) is 17.1. The topological polar surface area (TPSA) is 83.9 Å². The number of carbonyl (C=O) groups is 1. The van der Waals surface area contributed by atoms with Gasteiger partial charge < -0.3 is 24.8 Å². The maximum absolute atomic E-state index is 14.5. The number of benzene rings is 1. The fourth-order valence-corrected chi connectivity index (χ4v) is 4.42. The van der Waals surface area contributed by atoms with Crippen molar-refractivity contribution >= 4 is 11.6 Å². The van der Waals surface area contributed by atoms with Crippen LogP contribution in [0.25, 0.3) is 0 Å². The zero-order valence-corrected chi connectivity index (χ0v) is 20.7. The van der Waals surface area contributed by atoms with Crippen LogP contribution in [0.1, 0.15) is 37.1 Å². The number of pyridine rings is 1. The van der Waals surface area contributed by atoms with Crippen molar-refractivity contribution in [3.05, 3.63) is 53.1 Å². The lowest BCUT2D eigenvalue weighted by Gasteiger charge is -2.32. The number of ether oxygens (including phenoxy) is 2. The number of hydrogen-bond donors (Lipinski definition) is 2. The van der Waals surface area contributed by atoms with Crippen molar-refractivity contribution in [2.75, 3.05) is 33.1 Å². The van der Waals surface area contributed by atoms with Crippen molar-refractivity contribution in [2.24, 2.45) is 5.92 Å². The van der Waals surface area contributed by atoms with Crippen LogP contribution >= 0.6 is 0 Å². The number of aliphatic hydroxyl groups excluding tert-OH is 1. The molecule has 37 heavy (non-hydrogen) atoms. The van der Waals surface area contributed by atoms with Gasteiger partial charge in [-0.25, -0.2) is 8.78 Å². The molecule has 204 valence electrons. The molecular formula is C24H27F6N3O4. The Bertz CT molecular complexity index is 1160. The summed E-state index contributed by atoms with van der Waals surface area (Å²) in [5, 5.41) is 12.5. The Morgan fingerprint density at radius 2 is 1.92 bits per heavy atom. The first-order valence-corrected chi connectivity index (χ1v) is 11.2. The van der Waals surface area contributed by atoms with Crippen molar-refractivity contribution in [3.8, 4) is 5.75 Å². The summed E-state index contributed by atoms with van der Waals surface area (Å²) in [5.74, 6) is -8.52. The minimum atomic E-state index is -4.95. The second-order valence-corrected chi connectivity index (χ2v) is 9.30. The molecular weight excluding hydrogens is 508 g/mol. The van der Waals surface area contributed by atoms with E-state index in [2.05, 4.69) is 10.3 Å². The number of methoxy groups -OCH3 is 1. The third-order valence-electron chi connectivity index (χ3n) is 6.58. The molecule has 5 atom stereocenters. The maximum atomic E-state index is 14.5. The van der Waals surface area contributed by atoms with Crippen molar-refractivity contribution in [1.29, 1.82) is 0 Å². The van der Waals surface area contributed by atoms with Gasteiger partial charge >= 0.3 is 6.18 Å². The number of rotatable bonds is 7. The van der Waals surface area contributed by atoms with Crippen LogP contribution in [0, 0.1) is 23.4 Å². The van der Waals surface area contributed by atoms with E-state index in [0.717, 1.165) is 39.3 Å². The zero-order valence-electron chi connectivity index (χ0n) is 20.7. The van der Waals surface area contributed by atoms with E-state index in [-0.39, 0.29) is 17.8 Å². The number of aliphatic hydroxyl groups is 1. The van der Waals surface area contributed by atoms with Gasteiger partial charge in [0.05, 0.1) is 24.7 Å². The molecule has 3 rings (SSSR count). The normalized spacial score (nSPS) is 24.8. The van der Waals surface area contributed by atoms with Gasteiger partial charge in [0.2, 0.25) is 5.82 Å². The standard InChI is InChI=1S/C24H27F6N3O4/c1-11-18(12-6-7-13(25)19(27)20(12)36-5)21(37-23(11,2)24(28,29)30)22(35)32-15-8-16(31-9-14(15)26)17(34)10-33(3)4/h6-9,11,17-18,21,34H,10H2,1-5H3,(H,31,32,35)/t11-,17-,18-,21+,23+/m0/s1. The number of likely N-dealkylation sites (N-methyl/N-ethyl adjacent to an activating group) is 1. The van der Waals surface area contributed by atoms with Gasteiger partial charge in [-0.3, -0.25) is 9.78 Å². The minimum absolute atomic E-state index is 0.00469. The van der Waals surface area contributed by atoms with E-state index in [0.29, 0.717) is 6.07 Å². The summed E-state index contributed by atoms with van der Waals surface area (Å²) < 4.78 is 95.2. The number of aromatic nitrogens is 1. The van der Waals surface area contributed by atoms with Crippen LogP contribution < -0.4 is 10.1 Å². The highest BCUT2D eigenvalue weighted by molar-refractivity contribution is 5.95.